The van der Waals surface area contributed by atoms with Crippen LogP contribution in [0.15, 0.2) is 42.5 Å². The van der Waals surface area contributed by atoms with Gasteiger partial charge in [0.05, 0.1) is 11.4 Å². The lowest BCUT2D eigenvalue weighted by Gasteiger charge is -2.10. The summed E-state index contributed by atoms with van der Waals surface area (Å²) in [6.07, 6.45) is -0.208. The number of hydrogen-bond donors (Lipinski definition) is 2. The predicted molar refractivity (Wildman–Crippen MR) is 77.1 cm³/mol. The number of para-hydroxylation sites is 1. The van der Waals surface area contributed by atoms with Gasteiger partial charge in [-0.25, -0.2) is 4.39 Å². The van der Waals surface area contributed by atoms with E-state index in [-0.39, 0.29) is 17.0 Å². The summed E-state index contributed by atoms with van der Waals surface area (Å²) in [5, 5.41) is 11.3. The van der Waals surface area contributed by atoms with Gasteiger partial charge in [0.15, 0.2) is 0 Å². The number of nitrogens with one attached hydrogen (secondary N) is 1. The lowest BCUT2D eigenvalue weighted by Crippen LogP contribution is -2.14. The van der Waals surface area contributed by atoms with E-state index in [1.807, 2.05) is 0 Å². The van der Waals surface area contributed by atoms with Gasteiger partial charge in [-0.1, -0.05) is 29.8 Å². The summed E-state index contributed by atoms with van der Waals surface area (Å²) in [5.41, 5.74) is 1.06. The molecule has 0 aliphatic rings. The maximum absolute atomic E-state index is 13.1. The van der Waals surface area contributed by atoms with Crippen LogP contribution in [-0.4, -0.2) is 17.0 Å². The molecule has 0 aliphatic heterocycles. The molecule has 2 N–H and O–H groups in total. The lowest BCUT2D eigenvalue weighted by atomic mass is 10.1. The SMILES string of the molecule is O=C(O)Cc1ccccc1NC(=O)c1ccc(F)c(Cl)c1. The molecule has 0 atom stereocenters. The van der Waals surface area contributed by atoms with Crippen molar-refractivity contribution in [2.75, 3.05) is 5.32 Å². The Labute approximate surface area is 125 Å². The molecule has 108 valence electrons. The van der Waals surface area contributed by atoms with E-state index < -0.39 is 17.7 Å². The Morgan fingerprint density at radius 1 is 1.19 bits per heavy atom. The van der Waals surface area contributed by atoms with Crippen LogP contribution < -0.4 is 5.32 Å². The molecule has 0 spiro atoms. The minimum atomic E-state index is -0.999. The summed E-state index contributed by atoms with van der Waals surface area (Å²) in [7, 11) is 0. The Morgan fingerprint density at radius 2 is 1.90 bits per heavy atom. The van der Waals surface area contributed by atoms with Crippen LogP contribution >= 0.6 is 11.6 Å². The van der Waals surface area contributed by atoms with Crippen LogP contribution in [0.5, 0.6) is 0 Å². The maximum Gasteiger partial charge on any atom is 0.307 e. The number of halogens is 2. The molecule has 2 rings (SSSR count). The van der Waals surface area contributed by atoms with Crippen molar-refractivity contribution in [2.24, 2.45) is 0 Å². The van der Waals surface area contributed by atoms with E-state index in [4.69, 9.17) is 16.7 Å². The molecule has 1 amide bonds. The fourth-order valence-electron chi connectivity index (χ4n) is 1.79. The summed E-state index contributed by atoms with van der Waals surface area (Å²) >= 11 is 5.63. The van der Waals surface area contributed by atoms with Crippen molar-refractivity contribution in [2.45, 2.75) is 6.42 Å². The second kappa shape index (κ2) is 6.37. The molecule has 0 unspecified atom stereocenters. The second-order valence-electron chi connectivity index (χ2n) is 4.31. The van der Waals surface area contributed by atoms with Crippen LogP contribution in [0, 0.1) is 5.82 Å². The molecule has 0 bridgehead atoms. The Balaban J connectivity index is 2.23. The van der Waals surface area contributed by atoms with Gasteiger partial charge in [0, 0.05) is 11.3 Å². The molecule has 2 aromatic rings. The van der Waals surface area contributed by atoms with E-state index in [1.54, 1.807) is 24.3 Å². The van der Waals surface area contributed by atoms with Crippen molar-refractivity contribution in [3.63, 3.8) is 0 Å². The highest BCUT2D eigenvalue weighted by Gasteiger charge is 2.12. The number of benzene rings is 2. The number of carboxylic acid groups (broad SMARTS) is 1. The zero-order chi connectivity index (χ0) is 15.4. The van der Waals surface area contributed by atoms with Crippen molar-refractivity contribution in [1.82, 2.24) is 0 Å². The van der Waals surface area contributed by atoms with E-state index in [0.717, 1.165) is 6.07 Å². The Hall–Kier alpha value is -2.40. The van der Waals surface area contributed by atoms with Crippen LogP contribution in [0.2, 0.25) is 5.02 Å². The quantitative estimate of drug-likeness (QED) is 0.910. The van der Waals surface area contributed by atoms with Crippen molar-refractivity contribution >= 4 is 29.2 Å². The van der Waals surface area contributed by atoms with Crippen molar-refractivity contribution in [3.05, 3.63) is 64.4 Å². The summed E-state index contributed by atoms with van der Waals surface area (Å²) in [6.45, 7) is 0. The Bertz CT molecular complexity index is 703. The van der Waals surface area contributed by atoms with E-state index in [9.17, 15) is 14.0 Å². The Kier molecular flexibility index (Phi) is 4.55. The lowest BCUT2D eigenvalue weighted by molar-refractivity contribution is -0.136. The maximum atomic E-state index is 13.1. The van der Waals surface area contributed by atoms with Crippen LogP contribution in [0.25, 0.3) is 0 Å². The Morgan fingerprint density at radius 3 is 2.57 bits per heavy atom. The van der Waals surface area contributed by atoms with E-state index in [2.05, 4.69) is 5.32 Å². The van der Waals surface area contributed by atoms with Crippen LogP contribution in [0.3, 0.4) is 0 Å². The molecule has 0 radical (unpaired) electrons. The van der Waals surface area contributed by atoms with Crippen LogP contribution in [0.1, 0.15) is 15.9 Å². The highest BCUT2D eigenvalue weighted by Crippen LogP contribution is 2.19. The van der Waals surface area contributed by atoms with Crippen LogP contribution in [0.4, 0.5) is 10.1 Å². The van der Waals surface area contributed by atoms with E-state index >= 15 is 0 Å². The molecule has 0 aromatic heterocycles. The highest BCUT2D eigenvalue weighted by atomic mass is 35.5. The summed E-state index contributed by atoms with van der Waals surface area (Å²) in [4.78, 5) is 22.9. The number of rotatable bonds is 4. The third kappa shape index (κ3) is 3.79. The number of anilines is 1. The first-order valence-corrected chi connectivity index (χ1v) is 6.41. The number of amides is 1. The minimum absolute atomic E-state index is 0.151. The fraction of sp³-hybridized carbons (Fsp3) is 0.0667. The molecular weight excluding hydrogens is 297 g/mol. The van der Waals surface area contributed by atoms with Gasteiger partial charge in [-0.15, -0.1) is 0 Å². The molecule has 21 heavy (non-hydrogen) atoms. The minimum Gasteiger partial charge on any atom is -0.481 e. The second-order valence-corrected chi connectivity index (χ2v) is 4.72. The van der Waals surface area contributed by atoms with Gasteiger partial charge in [-0.3, -0.25) is 9.59 Å². The molecule has 6 heteroatoms. The predicted octanol–water partition coefficient (Wildman–Crippen LogP) is 3.36. The number of carbonyl (C=O) groups excluding carboxylic acids is 1. The van der Waals surface area contributed by atoms with Gasteiger partial charge >= 0.3 is 5.97 Å². The number of aliphatic carboxylic acids is 1. The molecule has 0 saturated heterocycles. The van der Waals surface area contributed by atoms with E-state index in [1.165, 1.54) is 12.1 Å². The van der Waals surface area contributed by atoms with Gasteiger partial charge in [-0.05, 0) is 29.8 Å². The molecular formula is C15H11ClFNO3. The number of carboxylic acids is 1. The number of hydrogen-bond acceptors (Lipinski definition) is 2. The standard InChI is InChI=1S/C15H11ClFNO3/c16-11-7-10(5-6-12(11)17)15(21)18-13-4-2-1-3-9(13)8-14(19)20/h1-7H,8H2,(H,18,21)(H,19,20). The largest absolute Gasteiger partial charge is 0.481 e. The van der Waals surface area contributed by atoms with Gasteiger partial charge < -0.3 is 10.4 Å². The van der Waals surface area contributed by atoms with Gasteiger partial charge in [-0.2, -0.15) is 0 Å². The number of carbonyl (C=O) groups is 2. The molecule has 4 nitrogen and oxygen atoms in total. The van der Waals surface area contributed by atoms with Crippen molar-refractivity contribution < 1.29 is 19.1 Å². The van der Waals surface area contributed by atoms with Crippen molar-refractivity contribution in [3.8, 4) is 0 Å². The molecule has 0 aliphatic carbocycles. The average molecular weight is 308 g/mol. The highest BCUT2D eigenvalue weighted by molar-refractivity contribution is 6.31. The molecule has 0 saturated carbocycles. The summed E-state index contributed by atoms with van der Waals surface area (Å²) in [6, 6.07) is 10.2. The van der Waals surface area contributed by atoms with E-state index in [0.29, 0.717) is 11.3 Å². The van der Waals surface area contributed by atoms with Gasteiger partial charge in [0.1, 0.15) is 5.82 Å². The summed E-state index contributed by atoms with van der Waals surface area (Å²) in [5.74, 6) is -2.10. The first-order chi connectivity index (χ1) is 9.97. The zero-order valence-electron chi connectivity index (χ0n) is 10.8. The van der Waals surface area contributed by atoms with Gasteiger partial charge in [0.2, 0.25) is 0 Å². The van der Waals surface area contributed by atoms with Crippen LogP contribution in [-0.2, 0) is 11.2 Å². The fourth-order valence-corrected chi connectivity index (χ4v) is 1.97. The average Bonchev–Trinajstić information content (AvgIpc) is 2.43. The van der Waals surface area contributed by atoms with Crippen molar-refractivity contribution in [1.29, 1.82) is 0 Å². The molecule has 0 heterocycles. The topological polar surface area (TPSA) is 66.4 Å². The molecule has 2 aromatic carbocycles. The molecule has 0 fully saturated rings. The monoisotopic (exact) mass is 307 g/mol. The third-order valence-electron chi connectivity index (χ3n) is 2.79. The summed E-state index contributed by atoms with van der Waals surface area (Å²) < 4.78 is 13.1. The first kappa shape index (κ1) is 15.0. The van der Waals surface area contributed by atoms with Gasteiger partial charge in [0.25, 0.3) is 5.91 Å². The normalized spacial score (nSPS) is 10.2. The third-order valence-corrected chi connectivity index (χ3v) is 3.08. The smallest absolute Gasteiger partial charge is 0.307 e. The zero-order valence-corrected chi connectivity index (χ0v) is 11.5. The first-order valence-electron chi connectivity index (χ1n) is 6.03.